The maximum atomic E-state index is 14.5. The molecule has 22 heavy (non-hydrogen) atoms. The van der Waals surface area contributed by atoms with Crippen molar-refractivity contribution in [2.75, 3.05) is 11.4 Å². The van der Waals surface area contributed by atoms with Gasteiger partial charge in [0.05, 0.1) is 13.1 Å². The minimum atomic E-state index is -0.0855. The van der Waals surface area contributed by atoms with Crippen LogP contribution in [0.1, 0.15) is 43.0 Å². The third-order valence-electron chi connectivity index (χ3n) is 4.93. The van der Waals surface area contributed by atoms with Crippen molar-refractivity contribution in [3.8, 4) is 0 Å². The van der Waals surface area contributed by atoms with Gasteiger partial charge >= 0.3 is 0 Å². The molecule has 0 atom stereocenters. The second kappa shape index (κ2) is 5.05. The molecule has 1 fully saturated rings. The highest BCUT2D eigenvalue weighted by atomic mass is 19.1. The molecule has 6 heteroatoms. The molecule has 2 N–H and O–H groups in total. The summed E-state index contributed by atoms with van der Waals surface area (Å²) in [6.45, 7) is 1.60. The summed E-state index contributed by atoms with van der Waals surface area (Å²) < 4.78 is 19.5. The highest BCUT2D eigenvalue weighted by Crippen LogP contribution is 2.51. The van der Waals surface area contributed by atoms with Gasteiger partial charge in [-0.05, 0) is 25.0 Å². The van der Waals surface area contributed by atoms with E-state index in [1.54, 1.807) is 12.1 Å². The van der Waals surface area contributed by atoms with Crippen LogP contribution >= 0.6 is 0 Å². The maximum Gasteiger partial charge on any atom is 0.240 e. The predicted octanol–water partition coefficient (Wildman–Crippen LogP) is 2.50. The maximum absolute atomic E-state index is 14.5. The predicted molar refractivity (Wildman–Crippen MR) is 79.8 cm³/mol. The molecule has 1 aromatic heterocycles. The van der Waals surface area contributed by atoms with Crippen LogP contribution in [-0.2, 0) is 18.5 Å². The molecule has 0 saturated heterocycles. The summed E-state index contributed by atoms with van der Waals surface area (Å²) >= 11 is 0. The average molecular weight is 302 g/mol. The molecular formula is C16H19FN4O. The average Bonchev–Trinajstić information content (AvgIpc) is 3.22. The zero-order valence-corrected chi connectivity index (χ0v) is 12.4. The second-order valence-electron chi connectivity index (χ2n) is 6.29. The fraction of sp³-hybridized carbons (Fsp3) is 0.500. The van der Waals surface area contributed by atoms with E-state index >= 15 is 0 Å². The van der Waals surface area contributed by atoms with E-state index in [1.807, 2.05) is 6.07 Å². The van der Waals surface area contributed by atoms with Crippen LogP contribution in [0.5, 0.6) is 0 Å². The van der Waals surface area contributed by atoms with Gasteiger partial charge in [0.1, 0.15) is 5.82 Å². The first-order valence-electron chi connectivity index (χ1n) is 7.77. The van der Waals surface area contributed by atoms with E-state index in [9.17, 15) is 4.39 Å². The van der Waals surface area contributed by atoms with Crippen LogP contribution in [0, 0.1) is 5.82 Å². The fourth-order valence-electron chi connectivity index (χ4n) is 4.04. The van der Waals surface area contributed by atoms with Crippen molar-refractivity contribution in [1.29, 1.82) is 0 Å². The van der Waals surface area contributed by atoms with Gasteiger partial charge in [-0.25, -0.2) is 4.39 Å². The molecule has 2 aliphatic rings. The summed E-state index contributed by atoms with van der Waals surface area (Å²) in [4.78, 5) is 6.44. The van der Waals surface area contributed by atoms with Gasteiger partial charge < -0.3 is 15.2 Å². The standard InChI is InChI=1S/C16H19FN4O/c17-11-4-3-5-12-15(11)16(6-1-2-7-16)10-21(12)9-13-19-14(8-18)22-20-13/h3-5H,1-2,6-10,18H2. The van der Waals surface area contributed by atoms with Crippen LogP contribution in [-0.4, -0.2) is 16.7 Å². The summed E-state index contributed by atoms with van der Waals surface area (Å²) in [5.74, 6) is 0.951. The van der Waals surface area contributed by atoms with E-state index in [1.165, 1.54) is 12.8 Å². The highest BCUT2D eigenvalue weighted by molar-refractivity contribution is 5.63. The van der Waals surface area contributed by atoms with Crippen LogP contribution in [0.2, 0.25) is 0 Å². The smallest absolute Gasteiger partial charge is 0.240 e. The number of nitrogens with two attached hydrogens (primary N) is 1. The van der Waals surface area contributed by atoms with Gasteiger partial charge in [-0.1, -0.05) is 24.1 Å². The molecule has 4 rings (SSSR count). The number of rotatable bonds is 3. The van der Waals surface area contributed by atoms with Crippen molar-refractivity contribution in [2.24, 2.45) is 5.73 Å². The SMILES string of the molecule is NCc1nc(CN2CC3(CCCC3)c3c(F)cccc32)no1. The lowest BCUT2D eigenvalue weighted by Gasteiger charge is -2.25. The summed E-state index contributed by atoms with van der Waals surface area (Å²) in [5.41, 5.74) is 7.32. The third kappa shape index (κ3) is 2.01. The molecule has 1 aliphatic carbocycles. The van der Waals surface area contributed by atoms with E-state index in [2.05, 4.69) is 15.0 Å². The minimum Gasteiger partial charge on any atom is -0.363 e. The number of nitrogens with zero attached hydrogens (tertiary/aromatic N) is 3. The van der Waals surface area contributed by atoms with Gasteiger partial charge in [0.15, 0.2) is 5.82 Å². The van der Waals surface area contributed by atoms with Gasteiger partial charge in [0.2, 0.25) is 5.89 Å². The van der Waals surface area contributed by atoms with E-state index in [-0.39, 0.29) is 17.8 Å². The van der Waals surface area contributed by atoms with Crippen molar-refractivity contribution in [3.05, 3.63) is 41.3 Å². The molecule has 5 nitrogen and oxygen atoms in total. The normalized spacial score (nSPS) is 19.1. The molecule has 2 heterocycles. The first-order valence-corrected chi connectivity index (χ1v) is 7.77. The molecule has 1 spiro atoms. The lowest BCUT2D eigenvalue weighted by atomic mass is 9.80. The number of halogens is 1. The van der Waals surface area contributed by atoms with Gasteiger partial charge in [-0.3, -0.25) is 0 Å². The third-order valence-corrected chi connectivity index (χ3v) is 4.93. The quantitative estimate of drug-likeness (QED) is 0.943. The van der Waals surface area contributed by atoms with Crippen LogP contribution in [0.3, 0.4) is 0 Å². The van der Waals surface area contributed by atoms with Crippen LogP contribution in [0.25, 0.3) is 0 Å². The molecular weight excluding hydrogens is 283 g/mol. The van der Waals surface area contributed by atoms with Crippen molar-refractivity contribution in [3.63, 3.8) is 0 Å². The molecule has 0 radical (unpaired) electrons. The molecule has 116 valence electrons. The molecule has 2 aromatic rings. The van der Waals surface area contributed by atoms with E-state index in [0.29, 0.717) is 18.3 Å². The lowest BCUT2D eigenvalue weighted by molar-refractivity contribution is 0.373. The Morgan fingerprint density at radius 3 is 2.86 bits per heavy atom. The lowest BCUT2D eigenvalue weighted by Crippen LogP contribution is -2.31. The van der Waals surface area contributed by atoms with Crippen LogP contribution in [0.4, 0.5) is 10.1 Å². The van der Waals surface area contributed by atoms with E-state index < -0.39 is 0 Å². The second-order valence-corrected chi connectivity index (χ2v) is 6.29. The summed E-state index contributed by atoms with van der Waals surface area (Å²) in [5, 5.41) is 3.96. The summed E-state index contributed by atoms with van der Waals surface area (Å²) in [6.07, 6.45) is 4.44. The van der Waals surface area contributed by atoms with Crippen molar-refractivity contribution in [2.45, 2.75) is 44.2 Å². The molecule has 0 amide bonds. The van der Waals surface area contributed by atoms with Gasteiger partial charge in [0, 0.05) is 23.2 Å². The zero-order chi connectivity index (χ0) is 15.2. The van der Waals surface area contributed by atoms with Gasteiger partial charge in [0.25, 0.3) is 0 Å². The fourth-order valence-corrected chi connectivity index (χ4v) is 4.04. The van der Waals surface area contributed by atoms with Crippen molar-refractivity contribution in [1.82, 2.24) is 10.1 Å². The Balaban J connectivity index is 1.69. The zero-order valence-electron chi connectivity index (χ0n) is 12.4. The van der Waals surface area contributed by atoms with E-state index in [0.717, 1.165) is 30.6 Å². The minimum absolute atomic E-state index is 0.0406. The number of anilines is 1. The molecule has 1 aromatic carbocycles. The van der Waals surface area contributed by atoms with Crippen LogP contribution < -0.4 is 10.6 Å². The molecule has 1 saturated carbocycles. The summed E-state index contributed by atoms with van der Waals surface area (Å²) in [7, 11) is 0. The Kier molecular flexibility index (Phi) is 3.14. The van der Waals surface area contributed by atoms with E-state index in [4.69, 9.17) is 10.3 Å². The van der Waals surface area contributed by atoms with Gasteiger partial charge in [-0.2, -0.15) is 4.98 Å². The number of benzene rings is 1. The van der Waals surface area contributed by atoms with Crippen molar-refractivity contribution < 1.29 is 8.91 Å². The first kappa shape index (κ1) is 13.7. The van der Waals surface area contributed by atoms with Crippen LogP contribution in [0.15, 0.2) is 22.7 Å². The Morgan fingerprint density at radius 2 is 2.14 bits per heavy atom. The topological polar surface area (TPSA) is 68.2 Å². The Hall–Kier alpha value is -1.95. The highest BCUT2D eigenvalue weighted by Gasteiger charge is 2.46. The van der Waals surface area contributed by atoms with Gasteiger partial charge in [-0.15, -0.1) is 0 Å². The number of hydrogen-bond donors (Lipinski definition) is 1. The monoisotopic (exact) mass is 302 g/mol. The number of aromatic nitrogens is 2. The Bertz CT molecular complexity index is 693. The first-order chi connectivity index (χ1) is 10.7. The number of fused-ring (bicyclic) bond motifs is 2. The molecule has 0 bridgehead atoms. The number of hydrogen-bond acceptors (Lipinski definition) is 5. The largest absolute Gasteiger partial charge is 0.363 e. The Labute approximate surface area is 128 Å². The van der Waals surface area contributed by atoms with Crippen molar-refractivity contribution >= 4 is 5.69 Å². The summed E-state index contributed by atoms with van der Waals surface area (Å²) in [6, 6.07) is 5.34. The molecule has 1 aliphatic heterocycles. The molecule has 0 unspecified atom stereocenters. The Morgan fingerprint density at radius 1 is 1.32 bits per heavy atom.